The van der Waals surface area contributed by atoms with Crippen LogP contribution in [-0.4, -0.2) is 26.7 Å². The van der Waals surface area contributed by atoms with Crippen molar-refractivity contribution in [2.24, 2.45) is 7.05 Å². The van der Waals surface area contributed by atoms with Gasteiger partial charge in [0.15, 0.2) is 0 Å². The van der Waals surface area contributed by atoms with Gasteiger partial charge in [0.2, 0.25) is 0 Å². The third-order valence-corrected chi connectivity index (χ3v) is 1.74. The minimum Gasteiger partial charge on any atom is -0.477 e. The largest absolute Gasteiger partial charge is 0.477 e. The summed E-state index contributed by atoms with van der Waals surface area (Å²) in [5.41, 5.74) is -0.114. The van der Waals surface area contributed by atoms with Crippen molar-refractivity contribution >= 4 is 18.0 Å². The van der Waals surface area contributed by atoms with Gasteiger partial charge in [0.05, 0.1) is 0 Å². The molecule has 1 aromatic rings. The highest BCUT2D eigenvalue weighted by molar-refractivity contribution is 6.16. The lowest BCUT2D eigenvalue weighted by Gasteiger charge is -1.98. The molecule has 1 heterocycles. The average Bonchev–Trinajstić information content (AvgIpc) is 2.46. The van der Waals surface area contributed by atoms with E-state index in [9.17, 15) is 9.59 Å². The maximum absolute atomic E-state index is 10.5. The fourth-order valence-electron chi connectivity index (χ4n) is 0.987. The Bertz CT molecular complexity index is 387. The SMILES string of the molecule is Cn1cccc1C=C(C(=O)O)C(=O)O. The van der Waals surface area contributed by atoms with E-state index in [0.29, 0.717) is 5.69 Å². The minimum absolute atomic E-state index is 0.532. The Balaban J connectivity index is 3.12. The summed E-state index contributed by atoms with van der Waals surface area (Å²) in [6.07, 6.45) is 2.82. The first-order valence-corrected chi connectivity index (χ1v) is 3.82. The van der Waals surface area contributed by atoms with Crippen LogP contribution in [0.2, 0.25) is 0 Å². The summed E-state index contributed by atoms with van der Waals surface area (Å²) in [6.45, 7) is 0. The number of hydrogen-bond donors (Lipinski definition) is 2. The summed E-state index contributed by atoms with van der Waals surface area (Å²) in [6, 6.07) is 3.33. The van der Waals surface area contributed by atoms with Crippen LogP contribution in [0.4, 0.5) is 0 Å². The molecule has 0 aromatic carbocycles. The number of carbonyl (C=O) groups is 2. The quantitative estimate of drug-likeness (QED) is 0.420. The van der Waals surface area contributed by atoms with Crippen LogP contribution in [0, 0.1) is 0 Å². The molecule has 0 amide bonds. The van der Waals surface area contributed by atoms with Crippen molar-refractivity contribution in [2.75, 3.05) is 0 Å². The smallest absolute Gasteiger partial charge is 0.343 e. The fourth-order valence-corrected chi connectivity index (χ4v) is 0.987. The molecule has 0 saturated carbocycles. The Morgan fingerprint density at radius 3 is 2.29 bits per heavy atom. The van der Waals surface area contributed by atoms with E-state index < -0.39 is 17.5 Å². The molecule has 0 spiro atoms. The Morgan fingerprint density at radius 2 is 1.93 bits per heavy atom. The molecule has 2 N–H and O–H groups in total. The van der Waals surface area contributed by atoms with Crippen molar-refractivity contribution in [1.82, 2.24) is 4.57 Å². The molecule has 0 aliphatic heterocycles. The molecule has 0 atom stereocenters. The highest BCUT2D eigenvalue weighted by Gasteiger charge is 2.16. The molecule has 0 aliphatic rings. The van der Waals surface area contributed by atoms with Gasteiger partial charge in [-0.3, -0.25) is 0 Å². The van der Waals surface area contributed by atoms with Crippen molar-refractivity contribution in [3.05, 3.63) is 29.6 Å². The van der Waals surface area contributed by atoms with Crippen LogP contribution in [0.5, 0.6) is 0 Å². The van der Waals surface area contributed by atoms with Crippen molar-refractivity contribution in [3.63, 3.8) is 0 Å². The number of aromatic nitrogens is 1. The van der Waals surface area contributed by atoms with Gasteiger partial charge in [-0.05, 0) is 18.2 Å². The highest BCUT2D eigenvalue weighted by Crippen LogP contribution is 2.07. The van der Waals surface area contributed by atoms with E-state index in [1.54, 1.807) is 29.9 Å². The van der Waals surface area contributed by atoms with E-state index in [0.717, 1.165) is 6.08 Å². The molecule has 0 saturated heterocycles. The monoisotopic (exact) mass is 195 g/mol. The zero-order valence-corrected chi connectivity index (χ0v) is 7.47. The lowest BCUT2D eigenvalue weighted by atomic mass is 10.2. The highest BCUT2D eigenvalue weighted by atomic mass is 16.4. The number of nitrogens with zero attached hydrogens (tertiary/aromatic N) is 1. The Kier molecular flexibility index (Phi) is 2.71. The summed E-state index contributed by atoms with van der Waals surface area (Å²) < 4.78 is 1.63. The van der Waals surface area contributed by atoms with Crippen molar-refractivity contribution in [2.45, 2.75) is 0 Å². The number of hydrogen-bond acceptors (Lipinski definition) is 2. The lowest BCUT2D eigenvalue weighted by molar-refractivity contribution is -0.140. The normalized spacial score (nSPS) is 9.50. The molecule has 1 aromatic heterocycles. The maximum atomic E-state index is 10.5. The van der Waals surface area contributed by atoms with Gasteiger partial charge in [-0.15, -0.1) is 0 Å². The van der Waals surface area contributed by atoms with Crippen LogP contribution in [0.15, 0.2) is 23.9 Å². The first-order valence-electron chi connectivity index (χ1n) is 3.82. The molecule has 0 fully saturated rings. The van der Waals surface area contributed by atoms with Crippen LogP contribution < -0.4 is 0 Å². The van der Waals surface area contributed by atoms with Crippen LogP contribution in [0.25, 0.3) is 6.08 Å². The molecular weight excluding hydrogens is 186 g/mol. The number of rotatable bonds is 3. The molecular formula is C9H9NO4. The van der Waals surface area contributed by atoms with E-state index in [4.69, 9.17) is 10.2 Å². The molecule has 0 radical (unpaired) electrons. The molecule has 5 nitrogen and oxygen atoms in total. The van der Waals surface area contributed by atoms with Gasteiger partial charge in [0, 0.05) is 18.9 Å². The van der Waals surface area contributed by atoms with Gasteiger partial charge < -0.3 is 14.8 Å². The molecule has 1 rings (SSSR count). The van der Waals surface area contributed by atoms with Crippen molar-refractivity contribution < 1.29 is 19.8 Å². The van der Waals surface area contributed by atoms with E-state index in [-0.39, 0.29) is 0 Å². The predicted octanol–water partition coefficient (Wildman–Crippen LogP) is 0.578. The zero-order chi connectivity index (χ0) is 10.7. The summed E-state index contributed by atoms with van der Waals surface area (Å²) in [7, 11) is 1.70. The zero-order valence-electron chi connectivity index (χ0n) is 7.47. The van der Waals surface area contributed by atoms with Crippen LogP contribution in [0.1, 0.15) is 5.69 Å². The van der Waals surface area contributed by atoms with E-state index in [2.05, 4.69) is 0 Å². The average molecular weight is 195 g/mol. The van der Waals surface area contributed by atoms with E-state index in [1.807, 2.05) is 0 Å². The van der Waals surface area contributed by atoms with E-state index in [1.165, 1.54) is 0 Å². The second kappa shape index (κ2) is 3.78. The topological polar surface area (TPSA) is 79.5 Å². The second-order valence-corrected chi connectivity index (χ2v) is 2.71. The molecule has 74 valence electrons. The maximum Gasteiger partial charge on any atom is 0.343 e. The van der Waals surface area contributed by atoms with Gasteiger partial charge >= 0.3 is 11.9 Å². The number of carboxylic acids is 2. The van der Waals surface area contributed by atoms with Crippen LogP contribution >= 0.6 is 0 Å². The summed E-state index contributed by atoms with van der Waals surface area (Å²) in [5.74, 6) is -2.89. The van der Waals surface area contributed by atoms with Gasteiger partial charge in [-0.25, -0.2) is 9.59 Å². The van der Waals surface area contributed by atoms with Gasteiger partial charge in [-0.2, -0.15) is 0 Å². The molecule has 14 heavy (non-hydrogen) atoms. The van der Waals surface area contributed by atoms with E-state index >= 15 is 0 Å². The molecule has 5 heteroatoms. The van der Waals surface area contributed by atoms with Crippen LogP contribution in [0.3, 0.4) is 0 Å². The molecule has 0 bridgehead atoms. The minimum atomic E-state index is -1.45. The number of aliphatic carboxylic acids is 2. The van der Waals surface area contributed by atoms with Gasteiger partial charge in [0.1, 0.15) is 5.57 Å². The van der Waals surface area contributed by atoms with Gasteiger partial charge in [0.25, 0.3) is 0 Å². The Hall–Kier alpha value is -2.04. The number of carboxylic acid groups (broad SMARTS) is 2. The van der Waals surface area contributed by atoms with Gasteiger partial charge in [-0.1, -0.05) is 0 Å². The van der Waals surface area contributed by atoms with Crippen molar-refractivity contribution in [3.8, 4) is 0 Å². The third kappa shape index (κ3) is 2.01. The van der Waals surface area contributed by atoms with Crippen molar-refractivity contribution in [1.29, 1.82) is 0 Å². The van der Waals surface area contributed by atoms with Crippen LogP contribution in [-0.2, 0) is 16.6 Å². The molecule has 0 unspecified atom stereocenters. The Morgan fingerprint density at radius 1 is 1.36 bits per heavy atom. The second-order valence-electron chi connectivity index (χ2n) is 2.71. The lowest BCUT2D eigenvalue weighted by Crippen LogP contribution is -2.11. The summed E-state index contributed by atoms with van der Waals surface area (Å²) in [5, 5.41) is 17.1. The standard InChI is InChI=1S/C9H9NO4/c1-10-4-2-3-6(10)5-7(8(11)12)9(13)14/h2-5H,1H3,(H,11,12)(H,13,14). The Labute approximate surface area is 79.9 Å². The number of aryl methyl sites for hydroxylation is 1. The third-order valence-electron chi connectivity index (χ3n) is 1.74. The summed E-state index contributed by atoms with van der Waals surface area (Å²) >= 11 is 0. The fraction of sp³-hybridized carbons (Fsp3) is 0.111. The predicted molar refractivity (Wildman–Crippen MR) is 48.7 cm³/mol. The first kappa shape index (κ1) is 10.0. The molecule has 0 aliphatic carbocycles. The summed E-state index contributed by atoms with van der Waals surface area (Å²) in [4.78, 5) is 21.0. The first-order chi connectivity index (χ1) is 6.52.